The number of carbonyl (C=O) groups excluding carboxylic acids is 1. The third kappa shape index (κ3) is 4.26. The molecule has 3 rings (SSSR count). The molecule has 2 aromatic rings. The number of carbonyl (C=O) groups is 2. The molecule has 0 atom stereocenters. The Balaban J connectivity index is 1.97. The lowest BCUT2D eigenvalue weighted by atomic mass is 9.90. The predicted molar refractivity (Wildman–Crippen MR) is 105 cm³/mol. The summed E-state index contributed by atoms with van der Waals surface area (Å²) in [6, 6.07) is 7.97. The number of benzene rings is 2. The van der Waals surface area contributed by atoms with Gasteiger partial charge in [0.2, 0.25) is 0 Å². The highest BCUT2D eigenvalue weighted by molar-refractivity contribution is 6.05. The van der Waals surface area contributed by atoms with Gasteiger partial charge in [-0.15, -0.1) is 0 Å². The van der Waals surface area contributed by atoms with Crippen molar-refractivity contribution in [1.82, 2.24) is 5.32 Å². The molecule has 0 saturated heterocycles. The van der Waals surface area contributed by atoms with Crippen LogP contribution in [0.4, 0.5) is 4.39 Å². The van der Waals surface area contributed by atoms with E-state index in [9.17, 15) is 19.1 Å². The maximum atomic E-state index is 14.6. The van der Waals surface area contributed by atoms with Crippen LogP contribution in [-0.2, 0) is 4.79 Å². The second kappa shape index (κ2) is 8.17. The van der Waals surface area contributed by atoms with Gasteiger partial charge in [-0.2, -0.15) is 0 Å². The Morgan fingerprint density at radius 1 is 1.18 bits per heavy atom. The van der Waals surface area contributed by atoms with E-state index < -0.39 is 23.2 Å². The smallest absolute Gasteiger partial charge is 0.328 e. The van der Waals surface area contributed by atoms with Crippen LogP contribution in [0, 0.1) is 11.7 Å². The van der Waals surface area contributed by atoms with Crippen molar-refractivity contribution in [2.75, 3.05) is 6.61 Å². The van der Waals surface area contributed by atoms with Crippen LogP contribution in [0.1, 0.15) is 56.3 Å². The molecule has 1 aliphatic rings. The third-order valence-corrected chi connectivity index (χ3v) is 5.34. The molecule has 5 nitrogen and oxygen atoms in total. The maximum Gasteiger partial charge on any atom is 0.328 e. The monoisotopic (exact) mass is 387 g/mol. The van der Waals surface area contributed by atoms with Gasteiger partial charge in [0.1, 0.15) is 17.1 Å². The molecule has 0 aliphatic heterocycles. The van der Waals surface area contributed by atoms with E-state index in [4.69, 9.17) is 4.74 Å². The van der Waals surface area contributed by atoms with Gasteiger partial charge in [0, 0.05) is 10.8 Å². The minimum absolute atomic E-state index is 0.0151. The predicted octanol–water partition coefficient (Wildman–Crippen LogP) is 4.53. The van der Waals surface area contributed by atoms with Gasteiger partial charge in [-0.05, 0) is 38.7 Å². The Morgan fingerprint density at radius 3 is 2.46 bits per heavy atom. The molecule has 0 aromatic heterocycles. The van der Waals surface area contributed by atoms with Crippen molar-refractivity contribution in [2.24, 2.45) is 5.92 Å². The molecule has 0 heterocycles. The van der Waals surface area contributed by atoms with Crippen molar-refractivity contribution in [1.29, 1.82) is 0 Å². The number of amides is 1. The molecule has 1 amide bonds. The molecule has 2 aromatic carbocycles. The summed E-state index contributed by atoms with van der Waals surface area (Å²) in [4.78, 5) is 24.2. The highest BCUT2D eigenvalue weighted by Crippen LogP contribution is 2.34. The Morgan fingerprint density at radius 2 is 1.82 bits per heavy atom. The molecule has 6 heteroatoms. The minimum atomic E-state index is -1.49. The van der Waals surface area contributed by atoms with Gasteiger partial charge in [0.25, 0.3) is 5.91 Å². The zero-order chi connectivity index (χ0) is 20.3. The molecule has 28 heavy (non-hydrogen) atoms. The summed E-state index contributed by atoms with van der Waals surface area (Å²) >= 11 is 0. The first-order valence-electron chi connectivity index (χ1n) is 9.69. The second-order valence-electron chi connectivity index (χ2n) is 7.98. The van der Waals surface area contributed by atoms with Crippen LogP contribution < -0.4 is 10.1 Å². The summed E-state index contributed by atoms with van der Waals surface area (Å²) in [7, 11) is 0. The molecule has 1 aliphatic carbocycles. The lowest BCUT2D eigenvalue weighted by molar-refractivity contribution is -0.143. The quantitative estimate of drug-likeness (QED) is 0.764. The summed E-state index contributed by atoms with van der Waals surface area (Å²) in [5.74, 6) is -1.67. The fraction of sp³-hybridized carbons (Fsp3) is 0.455. The molecule has 1 fully saturated rings. The number of hydrogen-bond acceptors (Lipinski definition) is 3. The van der Waals surface area contributed by atoms with Gasteiger partial charge < -0.3 is 15.2 Å². The average molecular weight is 387 g/mol. The lowest BCUT2D eigenvalue weighted by Gasteiger charge is -2.25. The van der Waals surface area contributed by atoms with Gasteiger partial charge in [-0.25, -0.2) is 9.18 Å². The summed E-state index contributed by atoms with van der Waals surface area (Å²) in [5.41, 5.74) is -1.47. The summed E-state index contributed by atoms with van der Waals surface area (Å²) in [6.07, 6.45) is 5.71. The van der Waals surface area contributed by atoms with Gasteiger partial charge >= 0.3 is 5.97 Å². The second-order valence-corrected chi connectivity index (χ2v) is 7.98. The van der Waals surface area contributed by atoms with Gasteiger partial charge in [0.05, 0.1) is 12.2 Å². The standard InChI is InChI=1S/C22H26FNO4/c1-22(2,21(26)27)24-20(25)17-12-18(23)15-10-6-7-11-16(15)19(17)28-13-14-8-4-3-5-9-14/h6-7,10-12,14H,3-5,8-9,13H2,1-2H3,(H,24,25)(H,26,27). The first kappa shape index (κ1) is 20.1. The van der Waals surface area contributed by atoms with Gasteiger partial charge in [-0.1, -0.05) is 43.5 Å². The van der Waals surface area contributed by atoms with E-state index in [1.165, 1.54) is 33.1 Å². The highest BCUT2D eigenvalue weighted by atomic mass is 19.1. The fourth-order valence-electron chi connectivity index (χ4n) is 3.59. The molecule has 0 unspecified atom stereocenters. The van der Waals surface area contributed by atoms with Crippen molar-refractivity contribution in [3.63, 3.8) is 0 Å². The Bertz CT molecular complexity index is 887. The van der Waals surface area contributed by atoms with E-state index >= 15 is 0 Å². The number of nitrogens with one attached hydrogen (secondary N) is 1. The van der Waals surface area contributed by atoms with Crippen LogP contribution in [-0.4, -0.2) is 29.1 Å². The number of carboxylic acids is 1. The number of fused-ring (bicyclic) bond motifs is 1. The average Bonchev–Trinajstić information content (AvgIpc) is 2.67. The maximum absolute atomic E-state index is 14.6. The van der Waals surface area contributed by atoms with Crippen LogP contribution in [0.15, 0.2) is 30.3 Å². The summed E-state index contributed by atoms with van der Waals surface area (Å²) in [5, 5.41) is 12.6. The van der Waals surface area contributed by atoms with Crippen LogP contribution in [0.2, 0.25) is 0 Å². The van der Waals surface area contributed by atoms with Crippen molar-refractivity contribution in [2.45, 2.75) is 51.5 Å². The van der Waals surface area contributed by atoms with Gasteiger partial charge in [-0.3, -0.25) is 4.79 Å². The Hall–Kier alpha value is -2.63. The minimum Gasteiger partial charge on any atom is -0.492 e. The van der Waals surface area contributed by atoms with Crippen LogP contribution in [0.3, 0.4) is 0 Å². The van der Waals surface area contributed by atoms with Crippen LogP contribution in [0.25, 0.3) is 10.8 Å². The molecule has 1 saturated carbocycles. The lowest BCUT2D eigenvalue weighted by Crippen LogP contribution is -2.49. The number of halogens is 1. The number of ether oxygens (including phenoxy) is 1. The van der Waals surface area contributed by atoms with Crippen LogP contribution >= 0.6 is 0 Å². The van der Waals surface area contributed by atoms with Crippen molar-refractivity contribution >= 4 is 22.6 Å². The van der Waals surface area contributed by atoms with Crippen molar-refractivity contribution in [3.8, 4) is 5.75 Å². The first-order valence-corrected chi connectivity index (χ1v) is 9.69. The Kier molecular flexibility index (Phi) is 5.87. The fourth-order valence-corrected chi connectivity index (χ4v) is 3.59. The highest BCUT2D eigenvalue weighted by Gasteiger charge is 2.31. The van der Waals surface area contributed by atoms with E-state index in [1.807, 2.05) is 0 Å². The topological polar surface area (TPSA) is 75.6 Å². The molecule has 0 bridgehead atoms. The largest absolute Gasteiger partial charge is 0.492 e. The first-order chi connectivity index (χ1) is 13.3. The van der Waals surface area contributed by atoms with Crippen LogP contribution in [0.5, 0.6) is 5.75 Å². The molecule has 0 radical (unpaired) electrons. The van der Waals surface area contributed by atoms with E-state index in [0.717, 1.165) is 18.9 Å². The summed E-state index contributed by atoms with van der Waals surface area (Å²) < 4.78 is 20.7. The van der Waals surface area contributed by atoms with E-state index in [1.54, 1.807) is 24.3 Å². The number of rotatable bonds is 6. The molecular formula is C22H26FNO4. The van der Waals surface area contributed by atoms with E-state index in [0.29, 0.717) is 29.0 Å². The zero-order valence-electron chi connectivity index (χ0n) is 16.3. The molecule has 2 N–H and O–H groups in total. The number of hydrogen-bond donors (Lipinski definition) is 2. The molecular weight excluding hydrogens is 361 g/mol. The third-order valence-electron chi connectivity index (χ3n) is 5.34. The van der Waals surface area contributed by atoms with Gasteiger partial charge in [0.15, 0.2) is 0 Å². The van der Waals surface area contributed by atoms with Crippen molar-refractivity contribution in [3.05, 3.63) is 41.7 Å². The number of aliphatic carboxylic acids is 1. The Labute approximate surface area is 163 Å². The SMILES string of the molecule is CC(C)(NC(=O)c1cc(F)c2ccccc2c1OCC1CCCCC1)C(=O)O. The van der Waals surface area contributed by atoms with E-state index in [-0.39, 0.29) is 5.56 Å². The number of carboxylic acid groups (broad SMARTS) is 1. The normalized spacial score (nSPS) is 15.4. The summed E-state index contributed by atoms with van der Waals surface area (Å²) in [6.45, 7) is 3.22. The molecule has 0 spiro atoms. The zero-order valence-corrected chi connectivity index (χ0v) is 16.3. The van der Waals surface area contributed by atoms with E-state index in [2.05, 4.69) is 5.32 Å². The molecule has 150 valence electrons. The van der Waals surface area contributed by atoms with Crippen molar-refractivity contribution < 1.29 is 23.8 Å².